The largest absolute Gasteiger partial charge is 0.378 e. The number of rotatable bonds is 8. The van der Waals surface area contributed by atoms with Gasteiger partial charge in [-0.2, -0.15) is 0 Å². The summed E-state index contributed by atoms with van der Waals surface area (Å²) in [6, 6.07) is 12.7. The van der Waals surface area contributed by atoms with Crippen molar-refractivity contribution in [1.82, 2.24) is 4.98 Å². The summed E-state index contributed by atoms with van der Waals surface area (Å²) in [5.41, 5.74) is 9.89. The van der Waals surface area contributed by atoms with Gasteiger partial charge in [-0.15, -0.1) is 0 Å². The maximum Gasteiger partial charge on any atom is 0.207 e. The zero-order valence-electron chi connectivity index (χ0n) is 21.0. The van der Waals surface area contributed by atoms with Gasteiger partial charge < -0.3 is 4.90 Å². The lowest BCUT2D eigenvalue weighted by atomic mass is 9.85. The van der Waals surface area contributed by atoms with E-state index in [0.29, 0.717) is 0 Å². The van der Waals surface area contributed by atoms with Gasteiger partial charge in [-0.3, -0.25) is 4.98 Å². The molecule has 0 atom stereocenters. The summed E-state index contributed by atoms with van der Waals surface area (Å²) in [5.74, 6) is 0. The molecule has 0 fully saturated rings. The van der Waals surface area contributed by atoms with Gasteiger partial charge in [-0.1, -0.05) is 63.1 Å². The normalized spacial score (nSPS) is 15.8. The molecule has 0 aliphatic carbocycles. The number of aromatic nitrogens is 1. The van der Waals surface area contributed by atoms with Crippen molar-refractivity contribution in [2.24, 2.45) is 0 Å². The number of nitrogens with zero attached hydrogens (tertiary/aromatic N) is 3. The molecule has 1 aromatic heterocycles. The number of allylic oxidation sites excluding steroid dienone is 6. The van der Waals surface area contributed by atoms with E-state index in [1.54, 1.807) is 6.08 Å². The number of hydrogen-bond acceptors (Lipinski definition) is 2. The molecule has 2 heterocycles. The maximum absolute atomic E-state index is 4.77. The van der Waals surface area contributed by atoms with E-state index >= 15 is 0 Å². The summed E-state index contributed by atoms with van der Waals surface area (Å²) < 4.78 is 2.27. The Hall–Kier alpha value is -3.72. The van der Waals surface area contributed by atoms with Crippen LogP contribution in [0.15, 0.2) is 97.3 Å². The van der Waals surface area contributed by atoms with E-state index in [1.165, 1.54) is 5.69 Å². The van der Waals surface area contributed by atoms with E-state index < -0.39 is 0 Å². The molecule has 0 amide bonds. The number of pyridine rings is 1. The van der Waals surface area contributed by atoms with Crippen LogP contribution in [-0.4, -0.2) is 43.0 Å². The molecular formula is C31H36N3+. The van der Waals surface area contributed by atoms with Crippen molar-refractivity contribution in [1.29, 1.82) is 0 Å². The second-order valence-electron chi connectivity index (χ2n) is 8.76. The van der Waals surface area contributed by atoms with Gasteiger partial charge in [0.1, 0.15) is 13.6 Å². The fraction of sp³-hybridized carbons (Fsp3) is 0.226. The number of anilines is 1. The molecule has 3 heteroatoms. The van der Waals surface area contributed by atoms with Crippen LogP contribution in [0.4, 0.5) is 5.69 Å². The summed E-state index contributed by atoms with van der Waals surface area (Å²) in [7, 11) is 6.22. The summed E-state index contributed by atoms with van der Waals surface area (Å²) in [4.78, 5) is 6.87. The Labute approximate surface area is 205 Å². The summed E-state index contributed by atoms with van der Waals surface area (Å²) in [5, 5.41) is 0. The van der Waals surface area contributed by atoms with E-state index in [9.17, 15) is 0 Å². The Bertz CT molecular complexity index is 1200. The molecule has 1 aromatic carbocycles. The maximum atomic E-state index is 4.77. The van der Waals surface area contributed by atoms with Gasteiger partial charge in [-0.25, -0.2) is 4.58 Å². The van der Waals surface area contributed by atoms with Gasteiger partial charge in [0.05, 0.1) is 11.3 Å². The lowest BCUT2D eigenvalue weighted by molar-refractivity contribution is -0.497. The van der Waals surface area contributed by atoms with Crippen LogP contribution in [0.3, 0.4) is 0 Å². The van der Waals surface area contributed by atoms with Crippen LogP contribution in [0.1, 0.15) is 36.6 Å². The molecule has 0 unspecified atom stereocenters. The summed E-state index contributed by atoms with van der Waals surface area (Å²) in [6.07, 6.45) is 13.8. The number of benzene rings is 1. The lowest BCUT2D eigenvalue weighted by Crippen LogP contribution is -2.26. The fourth-order valence-corrected chi connectivity index (χ4v) is 4.02. The predicted octanol–water partition coefficient (Wildman–Crippen LogP) is 6.82. The highest BCUT2D eigenvalue weighted by Crippen LogP contribution is 2.34. The summed E-state index contributed by atoms with van der Waals surface area (Å²) in [6.45, 7) is 15.7. The van der Waals surface area contributed by atoms with Crippen molar-refractivity contribution in [3.63, 3.8) is 0 Å². The molecule has 1 aliphatic rings. The zero-order chi connectivity index (χ0) is 24.7. The van der Waals surface area contributed by atoms with Crippen LogP contribution in [0, 0.1) is 0 Å². The zero-order valence-corrected chi connectivity index (χ0v) is 21.0. The van der Waals surface area contributed by atoms with Crippen molar-refractivity contribution in [2.75, 3.05) is 32.6 Å². The molecule has 34 heavy (non-hydrogen) atoms. The van der Waals surface area contributed by atoms with Gasteiger partial charge in [0, 0.05) is 44.0 Å². The average Bonchev–Trinajstić information content (AvgIpc) is 2.85. The Kier molecular flexibility index (Phi) is 8.37. The van der Waals surface area contributed by atoms with Crippen molar-refractivity contribution >= 4 is 29.1 Å². The van der Waals surface area contributed by atoms with Crippen LogP contribution < -0.4 is 4.90 Å². The van der Waals surface area contributed by atoms with E-state index in [0.717, 1.165) is 64.2 Å². The molecule has 0 saturated heterocycles. The highest BCUT2D eigenvalue weighted by Gasteiger charge is 2.28. The smallest absolute Gasteiger partial charge is 0.207 e. The monoisotopic (exact) mass is 450 g/mol. The minimum Gasteiger partial charge on any atom is -0.378 e. The molecule has 0 spiro atoms. The Morgan fingerprint density at radius 3 is 2.44 bits per heavy atom. The lowest BCUT2D eigenvalue weighted by Gasteiger charge is -2.21. The highest BCUT2D eigenvalue weighted by atomic mass is 15.1. The van der Waals surface area contributed by atoms with Crippen molar-refractivity contribution in [2.45, 2.75) is 19.8 Å². The van der Waals surface area contributed by atoms with Crippen molar-refractivity contribution in [3.8, 4) is 0 Å². The third-order valence-electron chi connectivity index (χ3n) is 6.11. The van der Waals surface area contributed by atoms with E-state index in [1.807, 2.05) is 32.4 Å². The first-order chi connectivity index (χ1) is 16.3. The molecule has 2 aromatic rings. The van der Waals surface area contributed by atoms with E-state index in [2.05, 4.69) is 91.7 Å². The molecule has 3 nitrogen and oxygen atoms in total. The molecule has 0 bridgehead atoms. The molecule has 1 aliphatic heterocycles. The van der Waals surface area contributed by atoms with Gasteiger partial charge in [0.25, 0.3) is 0 Å². The predicted molar refractivity (Wildman–Crippen MR) is 149 cm³/mol. The van der Waals surface area contributed by atoms with Crippen LogP contribution in [0.5, 0.6) is 0 Å². The Morgan fingerprint density at radius 1 is 1.09 bits per heavy atom. The first-order valence-corrected chi connectivity index (χ1v) is 11.8. The second-order valence-corrected chi connectivity index (χ2v) is 8.76. The van der Waals surface area contributed by atoms with Crippen molar-refractivity contribution < 1.29 is 4.58 Å². The number of hydrogen-bond donors (Lipinski definition) is 0. The minimum absolute atomic E-state index is 0.842. The standard InChI is InChI=1S/C31H36N3/c1-8-10-11-29-31(24(4)19-21-34(29)7)30(23(3)9-2)28-22-26(18-20-32-28)13-12-25-14-16-27(17-15-25)33(5)6/h8,10-18,20,22H,1,3-4,9,19,21H2,2,5-7H3/q+1/b11-10-,13-12+,31-30-. The average molecular weight is 451 g/mol. The molecular weight excluding hydrogens is 414 g/mol. The summed E-state index contributed by atoms with van der Waals surface area (Å²) >= 11 is 0. The molecule has 0 saturated carbocycles. The molecule has 0 N–H and O–H groups in total. The van der Waals surface area contributed by atoms with Crippen LogP contribution >= 0.6 is 0 Å². The minimum atomic E-state index is 0.842. The van der Waals surface area contributed by atoms with Gasteiger partial charge in [0.15, 0.2) is 0 Å². The van der Waals surface area contributed by atoms with Crippen LogP contribution in [-0.2, 0) is 0 Å². The highest BCUT2D eigenvalue weighted by molar-refractivity contribution is 6.15. The quantitative estimate of drug-likeness (QED) is 0.324. The molecule has 0 radical (unpaired) electrons. The Morgan fingerprint density at radius 2 is 1.79 bits per heavy atom. The third-order valence-corrected chi connectivity index (χ3v) is 6.11. The molecule has 174 valence electrons. The first kappa shape index (κ1) is 24.9. The van der Waals surface area contributed by atoms with Gasteiger partial charge in [0.2, 0.25) is 5.71 Å². The third kappa shape index (κ3) is 5.79. The first-order valence-electron chi connectivity index (χ1n) is 11.8. The molecule has 3 rings (SSSR count). The van der Waals surface area contributed by atoms with Crippen LogP contribution in [0.25, 0.3) is 17.7 Å². The van der Waals surface area contributed by atoms with Crippen LogP contribution in [0.2, 0.25) is 0 Å². The van der Waals surface area contributed by atoms with E-state index in [-0.39, 0.29) is 0 Å². The second kappa shape index (κ2) is 11.4. The van der Waals surface area contributed by atoms with Gasteiger partial charge in [-0.05, 0) is 53.0 Å². The van der Waals surface area contributed by atoms with Crippen molar-refractivity contribution in [3.05, 3.63) is 114 Å². The van der Waals surface area contributed by atoms with Gasteiger partial charge >= 0.3 is 0 Å². The van der Waals surface area contributed by atoms with E-state index in [4.69, 9.17) is 4.98 Å². The fourth-order valence-electron chi connectivity index (χ4n) is 4.02. The topological polar surface area (TPSA) is 19.1 Å². The Balaban J connectivity index is 2.07. The SMILES string of the molecule is C=C/C=C\C1=[N+](C)CCC(=C)/C1=C(\C(=C)CC)c1cc(/C=C/c2ccc(N(C)C)cc2)ccn1.